The number of nitrogens with one attached hydrogen (secondary N) is 2. The van der Waals surface area contributed by atoms with Gasteiger partial charge in [-0.15, -0.1) is 0 Å². The van der Waals surface area contributed by atoms with Gasteiger partial charge in [0.2, 0.25) is 12.7 Å². The number of carbonyl (C=O) groups is 3. The van der Waals surface area contributed by atoms with Crippen LogP contribution in [0.15, 0.2) is 60.7 Å². The van der Waals surface area contributed by atoms with Gasteiger partial charge in [-0.05, 0) is 88.6 Å². The Bertz CT molecular complexity index is 1550. The van der Waals surface area contributed by atoms with E-state index in [4.69, 9.17) is 14.2 Å². The molecule has 0 aromatic heterocycles. The largest absolute Gasteiger partial charge is 0.462 e. The molecule has 2 aliphatic rings. The van der Waals surface area contributed by atoms with Gasteiger partial charge in [0, 0.05) is 36.0 Å². The van der Waals surface area contributed by atoms with Gasteiger partial charge in [-0.1, -0.05) is 6.07 Å². The van der Waals surface area contributed by atoms with E-state index < -0.39 is 5.97 Å². The molecule has 10 heteroatoms. The number of esters is 1. The number of ether oxygens (including phenoxy) is 3. The molecule has 0 unspecified atom stereocenters. The van der Waals surface area contributed by atoms with E-state index in [2.05, 4.69) is 15.5 Å². The van der Waals surface area contributed by atoms with Crippen molar-refractivity contribution in [3.05, 3.63) is 77.4 Å². The normalized spacial score (nSPS) is 14.4. The van der Waals surface area contributed by atoms with Crippen molar-refractivity contribution >= 4 is 46.1 Å². The molecule has 0 saturated carbocycles. The highest BCUT2D eigenvalue weighted by atomic mass is 16.7. The molecule has 3 aromatic rings. The predicted molar refractivity (Wildman–Crippen MR) is 162 cm³/mol. The van der Waals surface area contributed by atoms with Gasteiger partial charge in [-0.25, -0.2) is 4.79 Å². The van der Waals surface area contributed by atoms with E-state index in [1.54, 1.807) is 43.0 Å². The Hall–Kier alpha value is -4.83. The zero-order chi connectivity index (χ0) is 29.8. The van der Waals surface area contributed by atoms with Crippen LogP contribution in [0.5, 0.6) is 11.5 Å². The number of rotatable bonds is 10. The van der Waals surface area contributed by atoms with Crippen molar-refractivity contribution in [1.29, 1.82) is 0 Å². The maximum Gasteiger partial charge on any atom is 0.338 e. The molecule has 0 aliphatic carbocycles. The first kappa shape index (κ1) is 28.7. The van der Waals surface area contributed by atoms with Crippen LogP contribution in [0.25, 0.3) is 11.3 Å². The van der Waals surface area contributed by atoms with Gasteiger partial charge < -0.3 is 34.6 Å². The second kappa shape index (κ2) is 12.4. The first-order chi connectivity index (χ1) is 20.2. The molecule has 5 rings (SSSR count). The molecule has 2 aliphatic heterocycles. The lowest BCUT2D eigenvalue weighted by Gasteiger charge is -2.23. The van der Waals surface area contributed by atoms with Gasteiger partial charge in [-0.3, -0.25) is 9.59 Å². The van der Waals surface area contributed by atoms with Crippen LogP contribution >= 0.6 is 0 Å². The fraction of sp³-hybridized carbons (Fsp3) is 0.281. The summed E-state index contributed by atoms with van der Waals surface area (Å²) in [7, 11) is 4.01. The van der Waals surface area contributed by atoms with Gasteiger partial charge in [-0.2, -0.15) is 0 Å². The number of hydrogen-bond acceptors (Lipinski definition) is 8. The summed E-state index contributed by atoms with van der Waals surface area (Å²) in [6.07, 6.45) is 0.847. The summed E-state index contributed by atoms with van der Waals surface area (Å²) in [5.74, 6) is 0.406. The summed E-state index contributed by atoms with van der Waals surface area (Å²) in [5.41, 5.74) is 4.71. The first-order valence-electron chi connectivity index (χ1n) is 13.8. The standard InChI is InChI=1S/C32H34N4O6/c1-5-40-32(39)22-7-13-25-26(17-22)34-31(38)29(25)30(21-8-14-27-28(18-21)42-19-41-27)33-23-9-11-24(12-10-23)36(20(2)37)16-6-15-35(3)4/h7-14,17-18,33H,5-6,15-16,19H2,1-4H3,(H,34,38). The van der Waals surface area contributed by atoms with Gasteiger partial charge in [0.15, 0.2) is 11.5 Å². The van der Waals surface area contributed by atoms with Gasteiger partial charge >= 0.3 is 5.97 Å². The van der Waals surface area contributed by atoms with E-state index in [1.807, 2.05) is 50.5 Å². The average Bonchev–Trinajstić information content (AvgIpc) is 3.57. The van der Waals surface area contributed by atoms with Crippen molar-refractivity contribution in [3.63, 3.8) is 0 Å². The molecule has 10 nitrogen and oxygen atoms in total. The second-order valence-electron chi connectivity index (χ2n) is 10.3. The van der Waals surface area contributed by atoms with Crippen molar-refractivity contribution in [1.82, 2.24) is 4.90 Å². The molecular weight excluding hydrogens is 536 g/mol. The van der Waals surface area contributed by atoms with Crippen molar-refractivity contribution in [2.75, 3.05) is 56.1 Å². The number of anilines is 3. The number of benzene rings is 3. The number of hydrogen-bond donors (Lipinski definition) is 2. The van der Waals surface area contributed by atoms with Crippen LogP contribution in [-0.2, 0) is 14.3 Å². The SMILES string of the molecule is CCOC(=O)c1ccc2c(c1)NC(=O)C2=C(Nc1ccc(N(CCCN(C)C)C(C)=O)cc1)c1ccc2c(c1)OCO2. The molecule has 0 bridgehead atoms. The Balaban J connectivity index is 1.51. The first-order valence-corrected chi connectivity index (χ1v) is 13.8. The van der Waals surface area contributed by atoms with E-state index in [0.717, 1.165) is 24.3 Å². The smallest absolute Gasteiger partial charge is 0.338 e. The average molecular weight is 571 g/mol. The van der Waals surface area contributed by atoms with Crippen molar-refractivity contribution in [2.45, 2.75) is 20.3 Å². The van der Waals surface area contributed by atoms with Crippen molar-refractivity contribution in [3.8, 4) is 11.5 Å². The minimum Gasteiger partial charge on any atom is -0.462 e. The van der Waals surface area contributed by atoms with Crippen LogP contribution in [-0.4, -0.2) is 63.3 Å². The van der Waals surface area contributed by atoms with Crippen LogP contribution in [0.3, 0.4) is 0 Å². The molecule has 42 heavy (non-hydrogen) atoms. The molecule has 3 aromatic carbocycles. The number of amides is 2. The Morgan fingerprint density at radius 3 is 2.40 bits per heavy atom. The summed E-state index contributed by atoms with van der Waals surface area (Å²) in [6.45, 7) is 5.17. The Morgan fingerprint density at radius 2 is 1.69 bits per heavy atom. The number of carbonyl (C=O) groups excluding carboxylic acids is 3. The van der Waals surface area contributed by atoms with Gasteiger partial charge in [0.1, 0.15) is 0 Å². The highest BCUT2D eigenvalue weighted by Crippen LogP contribution is 2.41. The molecule has 218 valence electrons. The predicted octanol–water partition coefficient (Wildman–Crippen LogP) is 4.83. The van der Waals surface area contributed by atoms with Crippen LogP contribution in [0, 0.1) is 0 Å². The lowest BCUT2D eigenvalue weighted by molar-refractivity contribution is -0.116. The highest BCUT2D eigenvalue weighted by molar-refractivity contribution is 6.37. The van der Waals surface area contributed by atoms with E-state index in [0.29, 0.717) is 51.7 Å². The van der Waals surface area contributed by atoms with Gasteiger partial charge in [0.05, 0.1) is 29.1 Å². The summed E-state index contributed by atoms with van der Waals surface area (Å²) in [4.78, 5) is 42.0. The summed E-state index contributed by atoms with van der Waals surface area (Å²) in [5, 5.41) is 6.32. The highest BCUT2D eigenvalue weighted by Gasteiger charge is 2.30. The molecule has 0 radical (unpaired) electrons. The summed E-state index contributed by atoms with van der Waals surface area (Å²) in [6, 6.07) is 18.0. The minimum atomic E-state index is -0.456. The lowest BCUT2D eigenvalue weighted by atomic mass is 9.98. The third-order valence-corrected chi connectivity index (χ3v) is 7.00. The van der Waals surface area contributed by atoms with Crippen LogP contribution in [0.4, 0.5) is 17.1 Å². The molecule has 2 amide bonds. The summed E-state index contributed by atoms with van der Waals surface area (Å²) < 4.78 is 16.2. The van der Waals surface area contributed by atoms with Crippen LogP contribution < -0.4 is 25.0 Å². The molecule has 2 N–H and O–H groups in total. The third kappa shape index (κ3) is 6.08. The maximum atomic E-state index is 13.4. The molecule has 2 heterocycles. The fourth-order valence-electron chi connectivity index (χ4n) is 4.98. The number of nitrogens with zero attached hydrogens (tertiary/aromatic N) is 2. The Labute approximate surface area is 244 Å². The number of fused-ring (bicyclic) bond motifs is 2. The Kier molecular flexibility index (Phi) is 8.44. The lowest BCUT2D eigenvalue weighted by Crippen LogP contribution is -2.31. The fourth-order valence-corrected chi connectivity index (χ4v) is 4.98. The van der Waals surface area contributed by atoms with Crippen molar-refractivity contribution in [2.24, 2.45) is 0 Å². The molecule has 0 spiro atoms. The zero-order valence-electron chi connectivity index (χ0n) is 24.2. The Morgan fingerprint density at radius 1 is 0.952 bits per heavy atom. The van der Waals surface area contributed by atoms with E-state index in [9.17, 15) is 14.4 Å². The van der Waals surface area contributed by atoms with Crippen LogP contribution in [0.1, 0.15) is 41.8 Å². The molecule has 0 fully saturated rings. The molecular formula is C32H34N4O6. The minimum absolute atomic E-state index is 0.0287. The third-order valence-electron chi connectivity index (χ3n) is 7.00. The van der Waals surface area contributed by atoms with Crippen LogP contribution in [0.2, 0.25) is 0 Å². The molecule has 0 saturated heterocycles. The quantitative estimate of drug-likeness (QED) is 0.264. The molecule has 0 atom stereocenters. The summed E-state index contributed by atoms with van der Waals surface area (Å²) >= 11 is 0. The monoisotopic (exact) mass is 570 g/mol. The second-order valence-corrected chi connectivity index (χ2v) is 10.3. The maximum absolute atomic E-state index is 13.4. The van der Waals surface area contributed by atoms with E-state index in [1.165, 1.54) is 0 Å². The zero-order valence-corrected chi connectivity index (χ0v) is 24.2. The van der Waals surface area contributed by atoms with Crippen molar-refractivity contribution < 1.29 is 28.6 Å². The van der Waals surface area contributed by atoms with E-state index in [-0.39, 0.29) is 25.2 Å². The van der Waals surface area contributed by atoms with E-state index >= 15 is 0 Å². The van der Waals surface area contributed by atoms with Gasteiger partial charge in [0.25, 0.3) is 5.91 Å². The topological polar surface area (TPSA) is 109 Å².